The maximum Gasteiger partial charge on any atom is 0.159 e. The highest BCUT2D eigenvalue weighted by molar-refractivity contribution is 7.27. The Bertz CT molecular complexity index is 2810. The number of rotatable bonds is 5. The third kappa shape index (κ3) is 4.55. The Hall–Kier alpha value is -6.16. The van der Waals surface area contributed by atoms with Crippen LogP contribution in [0.15, 0.2) is 180 Å². The summed E-state index contributed by atoms with van der Waals surface area (Å²) in [6.45, 7) is 0. The Kier molecular flexibility index (Phi) is 6.39. The van der Waals surface area contributed by atoms with Crippen molar-refractivity contribution in [3.8, 4) is 22.3 Å². The fourth-order valence-corrected chi connectivity index (χ4v) is 8.67. The largest absolute Gasteiger partial charge is 0.454 e. The summed E-state index contributed by atoms with van der Waals surface area (Å²) in [5, 5.41) is 7.32. The van der Waals surface area contributed by atoms with Gasteiger partial charge in [0, 0.05) is 47.9 Å². The van der Waals surface area contributed by atoms with Crippen molar-refractivity contribution in [2.45, 2.75) is 0 Å². The van der Waals surface area contributed by atoms with Gasteiger partial charge in [0.05, 0.1) is 5.69 Å². The van der Waals surface area contributed by atoms with E-state index in [0.717, 1.165) is 39.0 Å². The average Bonchev–Trinajstić information content (AvgIpc) is 3.75. The van der Waals surface area contributed by atoms with E-state index in [-0.39, 0.29) is 0 Å². The van der Waals surface area contributed by atoms with Gasteiger partial charge in [-0.1, -0.05) is 140 Å². The monoisotopic (exact) mass is 643 g/mol. The summed E-state index contributed by atoms with van der Waals surface area (Å²) >= 11 is 1.89. The quantitative estimate of drug-likeness (QED) is 0.186. The van der Waals surface area contributed by atoms with Crippen LogP contribution in [0.25, 0.3) is 75.1 Å². The van der Waals surface area contributed by atoms with Gasteiger partial charge in [-0.05, 0) is 63.9 Å². The van der Waals surface area contributed by atoms with Crippen molar-refractivity contribution in [2.75, 3.05) is 4.90 Å². The van der Waals surface area contributed by atoms with Crippen LogP contribution in [0.4, 0.5) is 17.1 Å². The lowest BCUT2D eigenvalue weighted by Gasteiger charge is -2.26. The van der Waals surface area contributed by atoms with Gasteiger partial charge in [-0.3, -0.25) is 0 Å². The van der Waals surface area contributed by atoms with Gasteiger partial charge in [-0.25, -0.2) is 0 Å². The van der Waals surface area contributed by atoms with Gasteiger partial charge < -0.3 is 9.32 Å². The Labute approximate surface area is 287 Å². The summed E-state index contributed by atoms with van der Waals surface area (Å²) in [6.07, 6.45) is 0. The summed E-state index contributed by atoms with van der Waals surface area (Å²) in [7, 11) is 0. The molecule has 2 nitrogen and oxygen atoms in total. The van der Waals surface area contributed by atoms with Crippen LogP contribution in [0.5, 0.6) is 0 Å². The van der Waals surface area contributed by atoms with Crippen molar-refractivity contribution in [2.24, 2.45) is 0 Å². The first-order chi connectivity index (χ1) is 24.3. The molecule has 0 atom stereocenters. The van der Waals surface area contributed by atoms with Crippen LogP contribution in [-0.2, 0) is 0 Å². The van der Waals surface area contributed by atoms with Gasteiger partial charge in [0.15, 0.2) is 5.58 Å². The first-order valence-corrected chi connectivity index (χ1v) is 17.4. The normalized spacial score (nSPS) is 11.7. The average molecular weight is 644 g/mol. The molecule has 10 aromatic rings. The number of thiophene rings is 1. The predicted octanol–water partition coefficient (Wildman–Crippen LogP) is 13.9. The zero-order valence-corrected chi connectivity index (χ0v) is 27.3. The second-order valence-electron chi connectivity index (χ2n) is 12.5. The molecule has 0 spiro atoms. The lowest BCUT2D eigenvalue weighted by Crippen LogP contribution is -2.10. The van der Waals surface area contributed by atoms with Crippen LogP contribution in [0.2, 0.25) is 0 Å². The van der Waals surface area contributed by atoms with Gasteiger partial charge in [0.1, 0.15) is 5.58 Å². The molecular weight excluding hydrogens is 615 g/mol. The molecule has 0 N–H and O–H groups in total. The third-order valence-electron chi connectivity index (χ3n) is 9.65. The van der Waals surface area contributed by atoms with Crippen LogP contribution < -0.4 is 4.90 Å². The highest BCUT2D eigenvalue weighted by Crippen LogP contribution is 2.48. The molecule has 2 aromatic heterocycles. The van der Waals surface area contributed by atoms with E-state index < -0.39 is 0 Å². The fraction of sp³-hybridized carbons (Fsp3) is 0. The van der Waals surface area contributed by atoms with E-state index in [0.29, 0.717) is 0 Å². The number of fused-ring (bicyclic) bond motifs is 8. The van der Waals surface area contributed by atoms with Crippen molar-refractivity contribution in [1.82, 2.24) is 0 Å². The molecule has 0 bridgehead atoms. The highest BCUT2D eigenvalue weighted by atomic mass is 32.1. The van der Waals surface area contributed by atoms with Gasteiger partial charge >= 0.3 is 0 Å². The van der Waals surface area contributed by atoms with Gasteiger partial charge in [-0.2, -0.15) is 0 Å². The van der Waals surface area contributed by atoms with Crippen molar-refractivity contribution in [3.63, 3.8) is 0 Å². The zero-order chi connectivity index (χ0) is 32.3. The molecule has 2 heterocycles. The molecule has 10 rings (SSSR count). The van der Waals surface area contributed by atoms with Gasteiger partial charge in [0.2, 0.25) is 0 Å². The Morgan fingerprint density at radius 2 is 1.08 bits per heavy atom. The number of para-hydroxylation sites is 2. The maximum atomic E-state index is 6.67. The molecule has 0 unspecified atom stereocenters. The number of benzene rings is 8. The minimum absolute atomic E-state index is 0.873. The van der Waals surface area contributed by atoms with E-state index in [4.69, 9.17) is 4.42 Å². The third-order valence-corrected chi connectivity index (χ3v) is 10.9. The molecule has 0 aliphatic carbocycles. The number of hydrogen-bond acceptors (Lipinski definition) is 3. The second kappa shape index (κ2) is 11.2. The first-order valence-electron chi connectivity index (χ1n) is 16.6. The number of hydrogen-bond donors (Lipinski definition) is 0. The summed E-state index contributed by atoms with van der Waals surface area (Å²) in [6, 6.07) is 63.1. The molecule has 49 heavy (non-hydrogen) atoms. The molecule has 0 fully saturated rings. The Morgan fingerprint density at radius 3 is 1.90 bits per heavy atom. The van der Waals surface area contributed by atoms with E-state index >= 15 is 0 Å². The number of nitrogens with zero attached hydrogens (tertiary/aromatic N) is 1. The molecule has 230 valence electrons. The Morgan fingerprint density at radius 1 is 0.408 bits per heavy atom. The summed E-state index contributed by atoms with van der Waals surface area (Å²) in [5.74, 6) is 0. The first kappa shape index (κ1) is 27.9. The van der Waals surface area contributed by atoms with E-state index in [1.54, 1.807) is 0 Å². The minimum Gasteiger partial charge on any atom is -0.454 e. The van der Waals surface area contributed by atoms with Crippen LogP contribution in [0.3, 0.4) is 0 Å². The smallest absolute Gasteiger partial charge is 0.159 e. The van der Waals surface area contributed by atoms with E-state index in [1.807, 2.05) is 17.4 Å². The Balaban J connectivity index is 1.28. The topological polar surface area (TPSA) is 16.4 Å². The predicted molar refractivity (Wildman–Crippen MR) is 210 cm³/mol. The molecule has 0 radical (unpaired) electrons. The molecule has 0 aliphatic heterocycles. The van der Waals surface area contributed by atoms with Crippen molar-refractivity contribution in [1.29, 1.82) is 0 Å². The summed E-state index contributed by atoms with van der Waals surface area (Å²) < 4.78 is 9.28. The zero-order valence-electron chi connectivity index (χ0n) is 26.5. The lowest BCUT2D eigenvalue weighted by molar-refractivity contribution is 0.669. The second-order valence-corrected chi connectivity index (χ2v) is 13.5. The van der Waals surface area contributed by atoms with E-state index in [1.165, 1.54) is 53.2 Å². The number of anilines is 3. The molecule has 0 amide bonds. The number of furan rings is 1. The molecule has 0 saturated heterocycles. The van der Waals surface area contributed by atoms with Crippen molar-refractivity contribution in [3.05, 3.63) is 176 Å². The summed E-state index contributed by atoms with van der Waals surface area (Å²) in [5.41, 5.74) is 9.72. The molecule has 3 heteroatoms. The molecule has 8 aromatic carbocycles. The molecule has 0 saturated carbocycles. The van der Waals surface area contributed by atoms with Crippen LogP contribution >= 0.6 is 11.3 Å². The van der Waals surface area contributed by atoms with Gasteiger partial charge in [-0.15, -0.1) is 11.3 Å². The van der Waals surface area contributed by atoms with Crippen LogP contribution in [0.1, 0.15) is 0 Å². The van der Waals surface area contributed by atoms with Crippen molar-refractivity contribution < 1.29 is 4.42 Å². The lowest BCUT2D eigenvalue weighted by atomic mass is 9.99. The van der Waals surface area contributed by atoms with E-state index in [2.05, 4.69) is 175 Å². The van der Waals surface area contributed by atoms with Gasteiger partial charge in [0.25, 0.3) is 0 Å². The van der Waals surface area contributed by atoms with Crippen LogP contribution in [0, 0.1) is 0 Å². The van der Waals surface area contributed by atoms with Crippen LogP contribution in [-0.4, -0.2) is 0 Å². The highest BCUT2D eigenvalue weighted by Gasteiger charge is 2.22. The van der Waals surface area contributed by atoms with Crippen molar-refractivity contribution >= 4 is 81.3 Å². The SMILES string of the molecule is c1ccc(-c2ccc(N(c3cc(-c4ccccc4)c4sc5c6ccccc6ccc5c4c3)c3cccc4c3oc3ccccc34)cc2)cc1. The summed E-state index contributed by atoms with van der Waals surface area (Å²) in [4.78, 5) is 2.37. The standard InChI is InChI=1S/C46H29NOS/c1-3-12-30(13-4-1)31-22-25-34(26-23-31)47(42-20-11-19-38-37-18-9-10-21-43(37)48-44(38)42)35-28-40(32-14-5-2-6-15-32)46-41(29-35)39-27-24-33-16-7-8-17-36(33)45(39)49-46/h1-29H. The fourth-order valence-electron chi connectivity index (χ4n) is 7.32. The maximum absolute atomic E-state index is 6.67. The molecule has 0 aliphatic rings. The molecular formula is C46H29NOS. The van der Waals surface area contributed by atoms with E-state index in [9.17, 15) is 0 Å². The minimum atomic E-state index is 0.873.